The van der Waals surface area contributed by atoms with E-state index in [4.69, 9.17) is 15.7 Å². The van der Waals surface area contributed by atoms with Crippen molar-refractivity contribution in [2.75, 3.05) is 18.2 Å². The zero-order valence-electron chi connectivity index (χ0n) is 8.58. The van der Waals surface area contributed by atoms with Crippen LogP contribution in [0, 0.1) is 11.3 Å². The Morgan fingerprint density at radius 2 is 2.27 bits per heavy atom. The van der Waals surface area contributed by atoms with Crippen LogP contribution in [0.5, 0.6) is 5.75 Å². The Hall–Kier alpha value is -1.89. The van der Waals surface area contributed by atoms with Gasteiger partial charge >= 0.3 is 0 Å². The van der Waals surface area contributed by atoms with E-state index in [9.17, 15) is 0 Å². The SMILES string of the molecule is COc1cc(N)ccc1NC1(C#N)CC1. The second-order valence-corrected chi connectivity index (χ2v) is 3.78. The first kappa shape index (κ1) is 9.66. The molecule has 0 aliphatic heterocycles. The first-order valence-electron chi connectivity index (χ1n) is 4.82. The van der Waals surface area contributed by atoms with E-state index >= 15 is 0 Å². The second kappa shape index (κ2) is 3.35. The van der Waals surface area contributed by atoms with Crippen LogP contribution in [0.25, 0.3) is 0 Å². The highest BCUT2D eigenvalue weighted by Crippen LogP contribution is 2.40. The van der Waals surface area contributed by atoms with Gasteiger partial charge < -0.3 is 15.8 Å². The van der Waals surface area contributed by atoms with Crippen molar-refractivity contribution >= 4 is 11.4 Å². The summed E-state index contributed by atoms with van der Waals surface area (Å²) in [5.74, 6) is 0.677. The number of nitriles is 1. The summed E-state index contributed by atoms with van der Waals surface area (Å²) in [6.07, 6.45) is 1.77. The van der Waals surface area contributed by atoms with Crippen LogP contribution in [0.2, 0.25) is 0 Å². The quantitative estimate of drug-likeness (QED) is 0.734. The van der Waals surface area contributed by atoms with Gasteiger partial charge in [-0.25, -0.2) is 0 Å². The molecular formula is C11H13N3O. The molecule has 0 heterocycles. The molecule has 0 unspecified atom stereocenters. The van der Waals surface area contributed by atoms with Crippen molar-refractivity contribution < 1.29 is 4.74 Å². The predicted octanol–water partition coefficient (Wildman–Crippen LogP) is 1.75. The van der Waals surface area contributed by atoms with E-state index in [1.54, 1.807) is 19.2 Å². The van der Waals surface area contributed by atoms with Crippen LogP contribution in [0.1, 0.15) is 12.8 Å². The molecule has 0 radical (unpaired) electrons. The van der Waals surface area contributed by atoms with Crippen LogP contribution in [-0.2, 0) is 0 Å². The highest BCUT2D eigenvalue weighted by molar-refractivity contribution is 5.65. The standard InChI is InChI=1S/C11H13N3O/c1-15-10-6-8(13)2-3-9(10)14-11(7-12)4-5-11/h2-3,6,14H,4-5,13H2,1H3. The minimum atomic E-state index is -0.386. The fourth-order valence-corrected chi connectivity index (χ4v) is 1.46. The van der Waals surface area contributed by atoms with Crippen LogP contribution in [0.15, 0.2) is 18.2 Å². The van der Waals surface area contributed by atoms with E-state index in [0.29, 0.717) is 11.4 Å². The Balaban J connectivity index is 2.25. The molecule has 3 N–H and O–H groups in total. The van der Waals surface area contributed by atoms with Crippen molar-refractivity contribution in [2.24, 2.45) is 0 Å². The van der Waals surface area contributed by atoms with Gasteiger partial charge in [-0.15, -0.1) is 0 Å². The molecule has 78 valence electrons. The van der Waals surface area contributed by atoms with Crippen molar-refractivity contribution in [3.63, 3.8) is 0 Å². The summed E-state index contributed by atoms with van der Waals surface area (Å²) in [5.41, 5.74) is 6.73. The van der Waals surface area contributed by atoms with Gasteiger partial charge in [0.05, 0.1) is 18.9 Å². The summed E-state index contributed by atoms with van der Waals surface area (Å²) in [7, 11) is 1.59. The molecule has 1 aromatic rings. The number of ether oxygens (including phenoxy) is 1. The van der Waals surface area contributed by atoms with Gasteiger partial charge in [0.1, 0.15) is 11.3 Å². The second-order valence-electron chi connectivity index (χ2n) is 3.78. The van der Waals surface area contributed by atoms with E-state index < -0.39 is 0 Å². The summed E-state index contributed by atoms with van der Waals surface area (Å²) in [6.45, 7) is 0. The maximum absolute atomic E-state index is 8.96. The summed E-state index contributed by atoms with van der Waals surface area (Å²) in [4.78, 5) is 0. The fourth-order valence-electron chi connectivity index (χ4n) is 1.46. The third kappa shape index (κ3) is 1.82. The Kier molecular flexibility index (Phi) is 2.16. The monoisotopic (exact) mass is 203 g/mol. The molecule has 1 aliphatic carbocycles. The average molecular weight is 203 g/mol. The Bertz CT molecular complexity index is 418. The van der Waals surface area contributed by atoms with E-state index in [1.807, 2.05) is 6.07 Å². The molecule has 0 saturated heterocycles. The molecule has 1 aliphatic rings. The number of nitrogen functional groups attached to an aromatic ring is 1. The summed E-state index contributed by atoms with van der Waals surface area (Å²) in [5, 5.41) is 12.1. The Morgan fingerprint density at radius 1 is 1.53 bits per heavy atom. The van der Waals surface area contributed by atoms with Gasteiger partial charge in [-0.2, -0.15) is 5.26 Å². The maximum atomic E-state index is 8.96. The van der Waals surface area contributed by atoms with E-state index in [2.05, 4.69) is 11.4 Å². The lowest BCUT2D eigenvalue weighted by molar-refractivity contribution is 0.416. The molecule has 2 rings (SSSR count). The zero-order chi connectivity index (χ0) is 10.9. The topological polar surface area (TPSA) is 71.1 Å². The number of methoxy groups -OCH3 is 1. The molecule has 4 heteroatoms. The van der Waals surface area contributed by atoms with Crippen LogP contribution in [0.3, 0.4) is 0 Å². The number of hydrogen-bond acceptors (Lipinski definition) is 4. The summed E-state index contributed by atoms with van der Waals surface area (Å²) >= 11 is 0. The van der Waals surface area contributed by atoms with Gasteiger partial charge in [0, 0.05) is 11.8 Å². The lowest BCUT2D eigenvalue weighted by atomic mass is 10.2. The Morgan fingerprint density at radius 3 is 2.80 bits per heavy atom. The molecule has 0 aromatic heterocycles. The lowest BCUT2D eigenvalue weighted by Gasteiger charge is -2.14. The first-order valence-corrected chi connectivity index (χ1v) is 4.82. The summed E-state index contributed by atoms with van der Waals surface area (Å²) in [6, 6.07) is 7.64. The van der Waals surface area contributed by atoms with Gasteiger partial charge in [0.15, 0.2) is 0 Å². The van der Waals surface area contributed by atoms with Crippen molar-refractivity contribution in [3.05, 3.63) is 18.2 Å². The van der Waals surface area contributed by atoms with E-state index in [-0.39, 0.29) is 5.54 Å². The highest BCUT2D eigenvalue weighted by Gasteiger charge is 2.43. The largest absolute Gasteiger partial charge is 0.495 e. The molecule has 1 fully saturated rings. The molecule has 0 spiro atoms. The number of nitrogens with zero attached hydrogens (tertiary/aromatic N) is 1. The normalized spacial score (nSPS) is 16.5. The van der Waals surface area contributed by atoms with E-state index in [1.165, 1.54) is 0 Å². The van der Waals surface area contributed by atoms with Crippen molar-refractivity contribution in [2.45, 2.75) is 18.4 Å². The van der Waals surface area contributed by atoms with Crippen LogP contribution in [-0.4, -0.2) is 12.6 Å². The van der Waals surface area contributed by atoms with Crippen molar-refractivity contribution in [1.82, 2.24) is 0 Å². The van der Waals surface area contributed by atoms with E-state index in [0.717, 1.165) is 18.5 Å². The molecule has 1 saturated carbocycles. The third-order valence-corrected chi connectivity index (χ3v) is 2.56. The van der Waals surface area contributed by atoms with Crippen molar-refractivity contribution in [1.29, 1.82) is 5.26 Å². The lowest BCUT2D eigenvalue weighted by Crippen LogP contribution is -2.18. The molecular weight excluding hydrogens is 190 g/mol. The highest BCUT2D eigenvalue weighted by atomic mass is 16.5. The first-order chi connectivity index (χ1) is 7.19. The Labute approximate surface area is 88.6 Å². The molecule has 15 heavy (non-hydrogen) atoms. The van der Waals surface area contributed by atoms with Crippen molar-refractivity contribution in [3.8, 4) is 11.8 Å². The maximum Gasteiger partial charge on any atom is 0.144 e. The van der Waals surface area contributed by atoms with Gasteiger partial charge in [-0.3, -0.25) is 0 Å². The van der Waals surface area contributed by atoms with Gasteiger partial charge in [0.25, 0.3) is 0 Å². The van der Waals surface area contributed by atoms with Gasteiger partial charge in [0.2, 0.25) is 0 Å². The predicted molar refractivity (Wildman–Crippen MR) is 58.6 cm³/mol. The number of rotatable bonds is 3. The number of nitrogens with one attached hydrogen (secondary N) is 1. The molecule has 1 aromatic carbocycles. The number of benzene rings is 1. The number of anilines is 2. The smallest absolute Gasteiger partial charge is 0.144 e. The summed E-state index contributed by atoms with van der Waals surface area (Å²) < 4.78 is 5.19. The molecule has 0 bridgehead atoms. The minimum Gasteiger partial charge on any atom is -0.495 e. The number of hydrogen-bond donors (Lipinski definition) is 2. The zero-order valence-corrected chi connectivity index (χ0v) is 8.58. The molecule has 0 atom stereocenters. The van der Waals surface area contributed by atoms with Gasteiger partial charge in [-0.1, -0.05) is 0 Å². The van der Waals surface area contributed by atoms with Crippen LogP contribution in [0.4, 0.5) is 11.4 Å². The number of nitrogens with two attached hydrogens (primary N) is 1. The minimum absolute atomic E-state index is 0.386. The average Bonchev–Trinajstić information content (AvgIpc) is 3.01. The third-order valence-electron chi connectivity index (χ3n) is 2.56. The van der Waals surface area contributed by atoms with Gasteiger partial charge in [-0.05, 0) is 25.0 Å². The fraction of sp³-hybridized carbons (Fsp3) is 0.364. The molecule has 0 amide bonds. The molecule has 4 nitrogen and oxygen atoms in total. The van der Waals surface area contributed by atoms with Crippen LogP contribution >= 0.6 is 0 Å². The van der Waals surface area contributed by atoms with Crippen LogP contribution < -0.4 is 15.8 Å².